The molecule has 4 N–H and O–H groups in total. The average molecular weight is 651 g/mol. The summed E-state index contributed by atoms with van der Waals surface area (Å²) in [5.41, 5.74) is 10.3. The van der Waals surface area contributed by atoms with Crippen molar-refractivity contribution < 1.29 is 14.4 Å². The van der Waals surface area contributed by atoms with Crippen molar-refractivity contribution in [1.29, 1.82) is 0 Å². The van der Waals surface area contributed by atoms with Crippen LogP contribution in [0.4, 0.5) is 15.8 Å². The molecule has 3 fully saturated rings. The van der Waals surface area contributed by atoms with Crippen LogP contribution in [0.3, 0.4) is 0 Å². The number of nitrogens with zero attached hydrogens (tertiary/aromatic N) is 3. The lowest BCUT2D eigenvalue weighted by molar-refractivity contribution is -0.698. The average Bonchev–Trinajstić information content (AvgIpc) is 3.77. The minimum Gasteiger partial charge on any atom is -0.483 e. The van der Waals surface area contributed by atoms with Gasteiger partial charge in [-0.25, -0.2) is 8.87 Å². The topological polar surface area (TPSA) is 86.8 Å². The summed E-state index contributed by atoms with van der Waals surface area (Å²) in [6.45, 7) is 5.31. The largest absolute Gasteiger partial charge is 0.483 e. The van der Waals surface area contributed by atoms with Crippen LogP contribution >= 0.6 is 20.7 Å². The number of halogens is 2. The molecule has 7 nitrogen and oxygen atoms in total. The fourth-order valence-corrected chi connectivity index (χ4v) is 7.64. The van der Waals surface area contributed by atoms with E-state index in [9.17, 15) is 9.18 Å². The zero-order valence-corrected chi connectivity index (χ0v) is 24.8. The molecule has 1 aliphatic carbocycles. The molecule has 0 amide bonds. The molecule has 10 heteroatoms. The maximum absolute atomic E-state index is 14.4. The SMILES string of the molecule is C=Ic1cc(F)cc(-n2ncc([N+]34CC[NH2+]C3(c3cc(N)ccc3C[SH+]C)C4)c(OCC3(C)CC3)c2=O)c1. The highest BCUT2D eigenvalue weighted by Gasteiger charge is 2.81. The zero-order chi connectivity index (χ0) is 26.7. The second kappa shape index (κ2) is 9.42. The van der Waals surface area contributed by atoms with Gasteiger partial charge >= 0.3 is 11.2 Å². The number of piperazine rings is 1. The Morgan fingerprint density at radius 1 is 1.32 bits per heavy atom. The lowest BCUT2D eigenvalue weighted by Gasteiger charge is -2.21. The number of thiol groups is 1. The molecule has 3 heterocycles. The molecule has 2 saturated heterocycles. The molecule has 6 rings (SSSR count). The summed E-state index contributed by atoms with van der Waals surface area (Å²) in [5.74, 6) is 0.889. The van der Waals surface area contributed by atoms with Gasteiger partial charge in [0.2, 0.25) is 12.2 Å². The van der Waals surface area contributed by atoms with E-state index in [1.165, 1.54) is 39.7 Å². The van der Waals surface area contributed by atoms with Gasteiger partial charge in [0, 0.05) is 20.2 Å². The molecule has 1 saturated carbocycles. The second-order valence-corrected chi connectivity index (χ2v) is 14.1. The highest BCUT2D eigenvalue weighted by molar-refractivity contribution is 14.2. The minimum atomic E-state index is -0.590. The van der Waals surface area contributed by atoms with Gasteiger partial charge < -0.3 is 10.5 Å². The number of hydrogen-bond acceptors (Lipinski definition) is 4. The van der Waals surface area contributed by atoms with Crippen molar-refractivity contribution in [2.45, 2.75) is 31.2 Å². The van der Waals surface area contributed by atoms with Crippen LogP contribution in [0, 0.1) is 14.8 Å². The van der Waals surface area contributed by atoms with Gasteiger partial charge in [-0.15, -0.1) is 0 Å². The van der Waals surface area contributed by atoms with E-state index in [4.69, 9.17) is 10.5 Å². The van der Waals surface area contributed by atoms with E-state index in [0.29, 0.717) is 22.5 Å². The number of quaternary nitrogens is 2. The molecular weight excluding hydrogens is 616 g/mol. The first kappa shape index (κ1) is 26.0. The third-order valence-electron chi connectivity index (χ3n) is 8.38. The second-order valence-electron chi connectivity index (χ2n) is 11.1. The first-order chi connectivity index (χ1) is 18.2. The summed E-state index contributed by atoms with van der Waals surface area (Å²) in [6.07, 6.45) is 6.11. The minimum absolute atomic E-state index is 0.0938. The van der Waals surface area contributed by atoms with Crippen LogP contribution < -0.4 is 25.8 Å². The Morgan fingerprint density at radius 3 is 2.87 bits per heavy atom. The van der Waals surface area contributed by atoms with Gasteiger partial charge in [-0.05, 0) is 54.9 Å². The standard InChI is InChI=1S/C28H32FIN5O2S/c1-27(6-7-27)17-37-25-24(14-33-34(26(25)36)22-11-19(29)10-20(12-22)30-2)35-9-8-32-28(35,16-35)23-13-21(31)5-4-18(23)15-38-3/h4-5,10-14,32H,2,6-9,15-17,31H2,1,3H3/q+1/p+2. The third kappa shape index (κ3) is 4.20. The number of rotatable bonds is 9. The molecule has 0 spiro atoms. The van der Waals surface area contributed by atoms with Gasteiger partial charge in [-0.3, -0.25) is 10.1 Å². The van der Waals surface area contributed by atoms with E-state index >= 15 is 0 Å². The van der Waals surface area contributed by atoms with Crippen molar-refractivity contribution in [3.63, 3.8) is 0 Å². The van der Waals surface area contributed by atoms with E-state index < -0.39 is 26.5 Å². The number of anilines is 1. The van der Waals surface area contributed by atoms with Crippen molar-refractivity contribution in [3.8, 4) is 11.4 Å². The van der Waals surface area contributed by atoms with E-state index in [-0.39, 0.29) is 16.6 Å². The molecule has 1 aromatic heterocycles. The number of nitrogen functional groups attached to an aromatic ring is 1. The molecule has 38 heavy (non-hydrogen) atoms. The van der Waals surface area contributed by atoms with Crippen molar-refractivity contribution in [2.24, 2.45) is 5.41 Å². The van der Waals surface area contributed by atoms with E-state index in [2.05, 4.69) is 40.2 Å². The van der Waals surface area contributed by atoms with Gasteiger partial charge in [0.25, 0.3) is 5.75 Å². The first-order valence-electron chi connectivity index (χ1n) is 12.9. The number of fused-ring (bicyclic) bond motifs is 1. The van der Waals surface area contributed by atoms with Crippen LogP contribution in [0.1, 0.15) is 30.9 Å². The van der Waals surface area contributed by atoms with Crippen molar-refractivity contribution >= 4 is 48.4 Å². The molecule has 0 bridgehead atoms. The number of benzene rings is 2. The molecule has 0 radical (unpaired) electrons. The molecule has 200 valence electrons. The van der Waals surface area contributed by atoms with Crippen LogP contribution in [0.25, 0.3) is 5.69 Å². The van der Waals surface area contributed by atoms with Crippen LogP contribution in [0.15, 0.2) is 47.4 Å². The Labute approximate surface area is 235 Å². The third-order valence-corrected chi connectivity index (χ3v) is 10.5. The van der Waals surface area contributed by atoms with Crippen molar-refractivity contribution in [2.75, 3.05) is 38.2 Å². The normalized spacial score (nSPS) is 24.7. The summed E-state index contributed by atoms with van der Waals surface area (Å²) < 4.78 is 27.5. The van der Waals surface area contributed by atoms with Gasteiger partial charge in [-0.1, -0.05) is 38.2 Å². The van der Waals surface area contributed by atoms with E-state index in [1.807, 2.05) is 12.1 Å². The van der Waals surface area contributed by atoms with Crippen molar-refractivity contribution in [3.05, 3.63) is 73.5 Å². The summed E-state index contributed by atoms with van der Waals surface area (Å²) in [4.78, 5) is 14.0. The fourth-order valence-electron chi connectivity index (χ4n) is 5.97. The van der Waals surface area contributed by atoms with E-state index in [1.54, 1.807) is 6.20 Å². The highest BCUT2D eigenvalue weighted by atomic mass is 127. The fraction of sp³-hybridized carbons (Fsp3) is 0.393. The smallest absolute Gasteiger partial charge is 0.320 e. The quantitative estimate of drug-likeness (QED) is 0.0931. The van der Waals surface area contributed by atoms with Gasteiger partial charge in [0.05, 0.1) is 24.1 Å². The zero-order valence-electron chi connectivity index (χ0n) is 21.7. The molecule has 3 aliphatic rings. The number of ether oxygens (including phenoxy) is 1. The molecule has 3 aromatic rings. The number of aromatic nitrogens is 2. The highest BCUT2D eigenvalue weighted by Crippen LogP contribution is 2.55. The Balaban J connectivity index is 1.49. The molecular formula is C28H34FIN5O2S+3. The van der Waals surface area contributed by atoms with Gasteiger partial charge in [0.1, 0.15) is 30.9 Å². The summed E-state index contributed by atoms with van der Waals surface area (Å²) in [7, 11) is 0. The maximum Gasteiger partial charge on any atom is 0.320 e. The Kier molecular flexibility index (Phi) is 6.44. The predicted molar refractivity (Wildman–Crippen MR) is 162 cm³/mol. The monoisotopic (exact) mass is 650 g/mol. The van der Waals surface area contributed by atoms with Crippen LogP contribution in [0.5, 0.6) is 5.75 Å². The number of hydrogen-bond donors (Lipinski definition) is 2. The van der Waals surface area contributed by atoms with Gasteiger partial charge in [0.15, 0.2) is 0 Å². The number of nitrogens with two attached hydrogens (primary N) is 2. The molecule has 2 unspecified atom stereocenters. The molecule has 2 atom stereocenters. The Hall–Kier alpha value is -2.28. The van der Waals surface area contributed by atoms with Crippen LogP contribution in [-0.4, -0.2) is 46.8 Å². The molecule has 2 aromatic carbocycles. The molecule has 2 aliphatic heterocycles. The maximum atomic E-state index is 14.4. The van der Waals surface area contributed by atoms with Crippen LogP contribution in [-0.2, 0) is 23.2 Å². The predicted octanol–water partition coefficient (Wildman–Crippen LogP) is 2.40. The van der Waals surface area contributed by atoms with E-state index in [0.717, 1.165) is 53.2 Å². The van der Waals surface area contributed by atoms with Crippen molar-refractivity contribution in [1.82, 2.24) is 14.3 Å². The van der Waals surface area contributed by atoms with Gasteiger partial charge in [-0.2, -0.15) is 9.78 Å². The summed E-state index contributed by atoms with van der Waals surface area (Å²) in [6, 6.07) is 10.9. The lowest BCUT2D eigenvalue weighted by Crippen LogP contribution is -2.89. The van der Waals surface area contributed by atoms with Crippen LogP contribution in [0.2, 0.25) is 0 Å². The lowest BCUT2D eigenvalue weighted by atomic mass is 10.00. The Bertz CT molecular complexity index is 1510. The summed E-state index contributed by atoms with van der Waals surface area (Å²) in [5, 5.41) is 6.99. The first-order valence-corrected chi connectivity index (χ1v) is 17.0. The summed E-state index contributed by atoms with van der Waals surface area (Å²) >= 11 is 0.703. The Morgan fingerprint density at radius 2 is 2.13 bits per heavy atom.